The maximum absolute atomic E-state index is 11.0. The lowest BCUT2D eigenvalue weighted by Gasteiger charge is -2.19. The number of carbonyl (C=O) groups excluding carboxylic acids is 1. The van der Waals surface area contributed by atoms with Gasteiger partial charge in [0.15, 0.2) is 0 Å². The quantitative estimate of drug-likeness (QED) is 0.858. The summed E-state index contributed by atoms with van der Waals surface area (Å²) in [6.07, 6.45) is 5.41. The van der Waals surface area contributed by atoms with Crippen LogP contribution in [0.25, 0.3) is 0 Å². The number of rotatable bonds is 5. The molecule has 0 atom stereocenters. The fourth-order valence-corrected chi connectivity index (χ4v) is 2.85. The number of halogens is 1. The van der Waals surface area contributed by atoms with Crippen LogP contribution in [0.4, 0.5) is 11.4 Å². The van der Waals surface area contributed by atoms with E-state index in [1.165, 1.54) is 32.6 Å². The Hall–Kier alpha value is -1.22. The molecule has 0 aromatic heterocycles. The molecule has 2 saturated carbocycles. The molecular formula is C15H19ClN2O. The number of benzene rings is 1. The molecule has 0 radical (unpaired) electrons. The van der Waals surface area contributed by atoms with Gasteiger partial charge in [-0.2, -0.15) is 0 Å². The minimum Gasteiger partial charge on any atom is -0.382 e. The van der Waals surface area contributed by atoms with Gasteiger partial charge in [0.25, 0.3) is 0 Å². The second-order valence-electron chi connectivity index (χ2n) is 5.72. The van der Waals surface area contributed by atoms with Crippen LogP contribution >= 0.6 is 11.6 Å². The van der Waals surface area contributed by atoms with Crippen LogP contribution in [0.3, 0.4) is 0 Å². The van der Waals surface area contributed by atoms with Gasteiger partial charge in [0.1, 0.15) is 0 Å². The van der Waals surface area contributed by atoms with Crippen molar-refractivity contribution in [3.05, 3.63) is 23.2 Å². The molecule has 0 heterocycles. The molecule has 1 amide bonds. The molecule has 0 spiro atoms. The van der Waals surface area contributed by atoms with Crippen LogP contribution in [-0.2, 0) is 4.79 Å². The minimum atomic E-state index is -0.101. The second-order valence-corrected chi connectivity index (χ2v) is 6.13. The van der Waals surface area contributed by atoms with E-state index in [2.05, 4.69) is 10.6 Å². The van der Waals surface area contributed by atoms with Crippen molar-refractivity contribution >= 4 is 28.9 Å². The van der Waals surface area contributed by atoms with Crippen molar-refractivity contribution in [1.82, 2.24) is 0 Å². The molecule has 0 saturated heterocycles. The monoisotopic (exact) mass is 278 g/mol. The maximum Gasteiger partial charge on any atom is 0.221 e. The molecule has 19 heavy (non-hydrogen) atoms. The molecule has 102 valence electrons. The summed E-state index contributed by atoms with van der Waals surface area (Å²) in [5.41, 5.74) is 1.73. The highest BCUT2D eigenvalue weighted by Crippen LogP contribution is 2.46. The molecule has 1 aromatic carbocycles. The van der Waals surface area contributed by atoms with Crippen molar-refractivity contribution in [1.29, 1.82) is 0 Å². The number of hydrogen-bond donors (Lipinski definition) is 2. The van der Waals surface area contributed by atoms with Gasteiger partial charge >= 0.3 is 0 Å². The van der Waals surface area contributed by atoms with Crippen molar-refractivity contribution in [2.45, 2.75) is 38.6 Å². The van der Waals surface area contributed by atoms with E-state index >= 15 is 0 Å². The van der Waals surface area contributed by atoms with Crippen LogP contribution in [0.2, 0.25) is 5.02 Å². The van der Waals surface area contributed by atoms with Crippen LogP contribution < -0.4 is 10.6 Å². The van der Waals surface area contributed by atoms with Gasteiger partial charge in [0.05, 0.1) is 10.7 Å². The highest BCUT2D eigenvalue weighted by atomic mass is 35.5. The third kappa shape index (κ3) is 3.21. The molecule has 2 N–H and O–H groups in total. The smallest absolute Gasteiger partial charge is 0.221 e. The van der Waals surface area contributed by atoms with Crippen LogP contribution in [0.15, 0.2) is 18.2 Å². The number of amides is 1. The Morgan fingerprint density at radius 2 is 1.89 bits per heavy atom. The molecule has 0 unspecified atom stereocenters. The maximum atomic E-state index is 11.0. The molecular weight excluding hydrogens is 260 g/mol. The van der Waals surface area contributed by atoms with E-state index in [1.54, 1.807) is 0 Å². The minimum absolute atomic E-state index is 0.101. The molecule has 0 aliphatic heterocycles. The van der Waals surface area contributed by atoms with Crippen LogP contribution in [0, 0.1) is 11.8 Å². The van der Waals surface area contributed by atoms with Gasteiger partial charge in [-0.3, -0.25) is 4.79 Å². The molecule has 3 rings (SSSR count). The van der Waals surface area contributed by atoms with Crippen LogP contribution in [-0.4, -0.2) is 11.9 Å². The zero-order chi connectivity index (χ0) is 13.4. The number of hydrogen-bond acceptors (Lipinski definition) is 2. The summed E-state index contributed by atoms with van der Waals surface area (Å²) in [6.45, 7) is 1.48. The lowest BCUT2D eigenvalue weighted by molar-refractivity contribution is -0.114. The van der Waals surface area contributed by atoms with E-state index < -0.39 is 0 Å². The van der Waals surface area contributed by atoms with Gasteiger partial charge in [0.2, 0.25) is 5.91 Å². The van der Waals surface area contributed by atoms with E-state index in [1.807, 2.05) is 18.2 Å². The highest BCUT2D eigenvalue weighted by molar-refractivity contribution is 6.34. The van der Waals surface area contributed by atoms with Crippen molar-refractivity contribution < 1.29 is 4.79 Å². The summed E-state index contributed by atoms with van der Waals surface area (Å²) < 4.78 is 0. The largest absolute Gasteiger partial charge is 0.382 e. The van der Waals surface area contributed by atoms with E-state index in [0.717, 1.165) is 17.5 Å². The summed E-state index contributed by atoms with van der Waals surface area (Å²) in [4.78, 5) is 11.0. The van der Waals surface area contributed by atoms with E-state index in [4.69, 9.17) is 11.6 Å². The Morgan fingerprint density at radius 3 is 2.37 bits per heavy atom. The first-order chi connectivity index (χ1) is 9.13. The van der Waals surface area contributed by atoms with Crippen LogP contribution in [0.1, 0.15) is 32.6 Å². The number of anilines is 2. The van der Waals surface area contributed by atoms with Gasteiger partial charge < -0.3 is 10.6 Å². The summed E-state index contributed by atoms with van der Waals surface area (Å²) in [6, 6.07) is 6.38. The normalized spacial score (nSPS) is 18.5. The predicted molar refractivity (Wildman–Crippen MR) is 78.6 cm³/mol. The Bertz CT molecular complexity index is 483. The summed E-state index contributed by atoms with van der Waals surface area (Å²) in [5.74, 6) is 1.60. The van der Waals surface area contributed by atoms with E-state index in [9.17, 15) is 4.79 Å². The first-order valence-electron chi connectivity index (χ1n) is 6.97. The fourth-order valence-electron chi connectivity index (χ4n) is 2.62. The average Bonchev–Trinajstić information content (AvgIpc) is 3.23. The Labute approximate surface area is 118 Å². The van der Waals surface area contributed by atoms with E-state index in [0.29, 0.717) is 16.8 Å². The van der Waals surface area contributed by atoms with Gasteiger partial charge in [-0.25, -0.2) is 0 Å². The first kappa shape index (κ1) is 12.8. The summed E-state index contributed by atoms with van der Waals surface area (Å²) in [7, 11) is 0. The standard InChI is InChI=1S/C15H19ClN2O/c1-9(19)17-14-7-6-12(8-13(14)16)18-15(10-2-3-10)11-4-5-11/h6-8,10-11,15,18H,2-5H2,1H3,(H,17,19). The topological polar surface area (TPSA) is 41.1 Å². The van der Waals surface area contributed by atoms with E-state index in [-0.39, 0.29) is 5.91 Å². The molecule has 0 bridgehead atoms. The lowest BCUT2D eigenvalue weighted by Crippen LogP contribution is -2.24. The molecule has 1 aromatic rings. The number of nitrogens with one attached hydrogen (secondary N) is 2. The van der Waals surface area contributed by atoms with Crippen molar-refractivity contribution in [2.75, 3.05) is 10.6 Å². The third-order valence-corrected chi connectivity index (χ3v) is 4.19. The Balaban J connectivity index is 1.70. The van der Waals surface area contributed by atoms with Gasteiger partial charge in [-0.1, -0.05) is 11.6 Å². The van der Waals surface area contributed by atoms with Crippen molar-refractivity contribution in [3.8, 4) is 0 Å². The highest BCUT2D eigenvalue weighted by Gasteiger charge is 2.41. The summed E-state index contributed by atoms with van der Waals surface area (Å²) >= 11 is 6.19. The second kappa shape index (κ2) is 5.04. The Kier molecular flexibility index (Phi) is 3.40. The first-order valence-corrected chi connectivity index (χ1v) is 7.35. The lowest BCUT2D eigenvalue weighted by atomic mass is 10.1. The molecule has 4 heteroatoms. The molecule has 3 nitrogen and oxygen atoms in total. The fraction of sp³-hybridized carbons (Fsp3) is 0.533. The van der Waals surface area contributed by atoms with Crippen LogP contribution in [0.5, 0.6) is 0 Å². The summed E-state index contributed by atoms with van der Waals surface area (Å²) in [5, 5.41) is 6.94. The molecule has 2 aliphatic carbocycles. The van der Waals surface area contributed by atoms with Gasteiger partial charge in [0, 0.05) is 18.7 Å². The zero-order valence-electron chi connectivity index (χ0n) is 11.1. The number of carbonyl (C=O) groups is 1. The predicted octanol–water partition coefficient (Wildman–Crippen LogP) is 3.90. The van der Waals surface area contributed by atoms with Crippen molar-refractivity contribution in [2.24, 2.45) is 11.8 Å². The zero-order valence-corrected chi connectivity index (χ0v) is 11.8. The third-order valence-electron chi connectivity index (χ3n) is 3.87. The average molecular weight is 279 g/mol. The SMILES string of the molecule is CC(=O)Nc1ccc(NC(C2CC2)C2CC2)cc1Cl. The van der Waals surface area contributed by atoms with Crippen molar-refractivity contribution in [3.63, 3.8) is 0 Å². The molecule has 2 fully saturated rings. The van der Waals surface area contributed by atoms with Gasteiger partial charge in [-0.15, -0.1) is 0 Å². The van der Waals surface area contributed by atoms with Gasteiger partial charge in [-0.05, 0) is 55.7 Å². The molecule has 2 aliphatic rings. The Morgan fingerprint density at radius 1 is 1.26 bits per heavy atom.